The second kappa shape index (κ2) is 6.96. The van der Waals surface area contributed by atoms with E-state index in [1.165, 1.54) is 5.01 Å². The predicted molar refractivity (Wildman–Crippen MR) is 100 cm³/mol. The Labute approximate surface area is 158 Å². The summed E-state index contributed by atoms with van der Waals surface area (Å²) in [5.74, 6) is 0.437. The molecule has 1 amide bonds. The van der Waals surface area contributed by atoms with Crippen LogP contribution in [0.15, 0.2) is 48.5 Å². The molecule has 2 heterocycles. The lowest BCUT2D eigenvalue weighted by atomic mass is 9.94. The van der Waals surface area contributed by atoms with Gasteiger partial charge in [0.25, 0.3) is 5.91 Å². The topological polar surface area (TPSA) is 62.2 Å². The Bertz CT molecular complexity index is 856. The number of methoxy groups -OCH3 is 2. The monoisotopic (exact) mass is 368 g/mol. The first-order valence-electron chi connectivity index (χ1n) is 9.17. The van der Waals surface area contributed by atoms with Crippen LogP contribution in [0.2, 0.25) is 0 Å². The molecule has 0 bridgehead atoms. The van der Waals surface area contributed by atoms with Gasteiger partial charge in [0.2, 0.25) is 5.72 Å². The van der Waals surface area contributed by atoms with Crippen LogP contribution in [0.5, 0.6) is 5.75 Å². The van der Waals surface area contributed by atoms with Gasteiger partial charge in [0.05, 0.1) is 19.8 Å². The van der Waals surface area contributed by atoms with Crippen LogP contribution in [0.3, 0.4) is 0 Å². The zero-order chi connectivity index (χ0) is 19.0. The van der Waals surface area contributed by atoms with Gasteiger partial charge in [0.1, 0.15) is 5.75 Å². The van der Waals surface area contributed by atoms with Gasteiger partial charge >= 0.3 is 0 Å². The Morgan fingerprint density at radius 1 is 1.19 bits per heavy atom. The molecule has 1 unspecified atom stereocenters. The molecule has 0 radical (unpaired) electrons. The van der Waals surface area contributed by atoms with E-state index < -0.39 is 5.72 Å². The molecule has 2 aliphatic rings. The van der Waals surface area contributed by atoms with Gasteiger partial charge in [0.15, 0.2) is 0 Å². The SMILES string of the molecule is COC[C@@H]1CCCN1N1C(=O)c2ccccc2C1(O)c1cccc(OC)c1. The van der Waals surface area contributed by atoms with Gasteiger partial charge in [-0.15, -0.1) is 0 Å². The van der Waals surface area contributed by atoms with Gasteiger partial charge in [-0.05, 0) is 31.0 Å². The van der Waals surface area contributed by atoms with Crippen molar-refractivity contribution in [1.29, 1.82) is 0 Å². The average Bonchev–Trinajstić information content (AvgIpc) is 3.24. The van der Waals surface area contributed by atoms with Crippen LogP contribution in [0.25, 0.3) is 0 Å². The number of rotatable bonds is 5. The highest BCUT2D eigenvalue weighted by atomic mass is 16.5. The van der Waals surface area contributed by atoms with Crippen molar-refractivity contribution in [3.63, 3.8) is 0 Å². The number of ether oxygens (including phenoxy) is 2. The van der Waals surface area contributed by atoms with Gasteiger partial charge in [-0.3, -0.25) is 4.79 Å². The molecule has 0 spiro atoms. The fourth-order valence-electron chi connectivity index (χ4n) is 4.21. The molecule has 1 fully saturated rings. The maximum atomic E-state index is 13.3. The summed E-state index contributed by atoms with van der Waals surface area (Å²) < 4.78 is 10.7. The molecule has 0 aliphatic carbocycles. The van der Waals surface area contributed by atoms with Gasteiger partial charge in [-0.2, -0.15) is 0 Å². The zero-order valence-corrected chi connectivity index (χ0v) is 15.6. The third kappa shape index (κ3) is 2.72. The number of hydrogen-bond acceptors (Lipinski definition) is 5. The Kier molecular flexibility index (Phi) is 4.63. The van der Waals surface area contributed by atoms with Crippen LogP contribution >= 0.6 is 0 Å². The highest BCUT2D eigenvalue weighted by molar-refractivity contribution is 6.00. The van der Waals surface area contributed by atoms with Crippen LogP contribution in [0, 0.1) is 0 Å². The lowest BCUT2D eigenvalue weighted by molar-refractivity contribution is -0.166. The summed E-state index contributed by atoms with van der Waals surface area (Å²) in [6, 6.07) is 14.6. The molecular formula is C21H24N2O4. The van der Waals surface area contributed by atoms with Crippen LogP contribution in [-0.2, 0) is 10.5 Å². The summed E-state index contributed by atoms with van der Waals surface area (Å²) in [6.45, 7) is 1.20. The minimum Gasteiger partial charge on any atom is -0.497 e. The molecule has 2 atom stereocenters. The molecule has 2 aliphatic heterocycles. The number of hydrazine groups is 1. The molecule has 1 saturated heterocycles. The van der Waals surface area contributed by atoms with E-state index in [9.17, 15) is 9.90 Å². The quantitative estimate of drug-likeness (QED) is 0.878. The smallest absolute Gasteiger partial charge is 0.271 e. The molecule has 1 N–H and O–H groups in total. The minimum atomic E-state index is -1.58. The summed E-state index contributed by atoms with van der Waals surface area (Å²) in [6.07, 6.45) is 1.87. The molecular weight excluding hydrogens is 344 g/mol. The second-order valence-corrected chi connectivity index (χ2v) is 6.98. The molecule has 0 saturated carbocycles. The third-order valence-corrected chi connectivity index (χ3v) is 5.47. The van der Waals surface area contributed by atoms with Crippen molar-refractivity contribution in [2.75, 3.05) is 27.4 Å². The highest BCUT2D eigenvalue weighted by Crippen LogP contribution is 2.45. The first kappa shape index (κ1) is 18.0. The number of hydrogen-bond donors (Lipinski definition) is 1. The maximum Gasteiger partial charge on any atom is 0.271 e. The molecule has 27 heavy (non-hydrogen) atoms. The van der Waals surface area contributed by atoms with E-state index in [4.69, 9.17) is 9.47 Å². The van der Waals surface area contributed by atoms with E-state index >= 15 is 0 Å². The summed E-state index contributed by atoms with van der Waals surface area (Å²) in [5, 5.41) is 15.5. The van der Waals surface area contributed by atoms with E-state index in [1.807, 2.05) is 41.4 Å². The number of fused-ring (bicyclic) bond motifs is 1. The van der Waals surface area contributed by atoms with Crippen molar-refractivity contribution >= 4 is 5.91 Å². The Morgan fingerprint density at radius 3 is 2.78 bits per heavy atom. The van der Waals surface area contributed by atoms with Crippen LogP contribution < -0.4 is 4.74 Å². The molecule has 2 aromatic carbocycles. The Hall–Kier alpha value is -2.41. The molecule has 6 heteroatoms. The maximum absolute atomic E-state index is 13.3. The van der Waals surface area contributed by atoms with E-state index in [2.05, 4.69) is 0 Å². The Morgan fingerprint density at radius 2 is 2.00 bits per heavy atom. The molecule has 6 nitrogen and oxygen atoms in total. The van der Waals surface area contributed by atoms with Crippen molar-refractivity contribution in [2.24, 2.45) is 0 Å². The predicted octanol–water partition coefficient (Wildman–Crippen LogP) is 2.37. The summed E-state index contributed by atoms with van der Waals surface area (Å²) in [7, 11) is 3.25. The van der Waals surface area contributed by atoms with E-state index in [-0.39, 0.29) is 11.9 Å². The van der Waals surface area contributed by atoms with Crippen molar-refractivity contribution in [3.05, 3.63) is 65.2 Å². The van der Waals surface area contributed by atoms with Crippen molar-refractivity contribution in [1.82, 2.24) is 10.0 Å². The number of benzene rings is 2. The second-order valence-electron chi connectivity index (χ2n) is 6.98. The third-order valence-electron chi connectivity index (χ3n) is 5.47. The van der Waals surface area contributed by atoms with Crippen molar-refractivity contribution < 1.29 is 19.4 Å². The molecule has 142 valence electrons. The fraction of sp³-hybridized carbons (Fsp3) is 0.381. The average molecular weight is 368 g/mol. The van der Waals surface area contributed by atoms with Crippen LogP contribution in [0.4, 0.5) is 0 Å². The summed E-state index contributed by atoms with van der Waals surface area (Å²) in [5.41, 5.74) is 0.124. The van der Waals surface area contributed by atoms with Gasteiger partial charge < -0.3 is 14.6 Å². The largest absolute Gasteiger partial charge is 0.497 e. The lowest BCUT2D eigenvalue weighted by Gasteiger charge is -2.42. The normalized spacial score (nSPS) is 25.1. The zero-order valence-electron chi connectivity index (χ0n) is 15.6. The van der Waals surface area contributed by atoms with Crippen molar-refractivity contribution in [2.45, 2.75) is 24.6 Å². The lowest BCUT2D eigenvalue weighted by Crippen LogP contribution is -2.57. The van der Waals surface area contributed by atoms with Gasteiger partial charge in [-0.1, -0.05) is 30.3 Å². The van der Waals surface area contributed by atoms with Crippen LogP contribution in [-0.4, -0.2) is 54.4 Å². The Balaban J connectivity index is 1.87. The van der Waals surface area contributed by atoms with Gasteiger partial charge in [-0.25, -0.2) is 10.0 Å². The first-order valence-corrected chi connectivity index (χ1v) is 9.17. The van der Waals surface area contributed by atoms with Crippen molar-refractivity contribution in [3.8, 4) is 5.75 Å². The van der Waals surface area contributed by atoms with Gasteiger partial charge in [0, 0.05) is 30.3 Å². The van der Waals surface area contributed by atoms with E-state index in [1.54, 1.807) is 26.4 Å². The highest BCUT2D eigenvalue weighted by Gasteiger charge is 2.54. The summed E-state index contributed by atoms with van der Waals surface area (Å²) >= 11 is 0. The number of nitrogens with zero attached hydrogens (tertiary/aromatic N) is 2. The fourth-order valence-corrected chi connectivity index (χ4v) is 4.21. The number of carbonyl (C=O) groups excluding carboxylic acids is 1. The van der Waals surface area contributed by atoms with E-state index in [0.29, 0.717) is 35.6 Å². The number of amides is 1. The standard InChI is InChI=1S/C21H24N2O4/c1-26-14-16-8-6-12-22(16)23-20(24)18-10-3-4-11-19(18)21(23,25)15-7-5-9-17(13-15)27-2/h3-5,7,9-11,13,16,25H,6,8,12,14H2,1-2H3/t16-,21?/m0/s1. The molecule has 0 aromatic heterocycles. The minimum absolute atomic E-state index is 0.0467. The van der Waals surface area contributed by atoms with Crippen LogP contribution in [0.1, 0.15) is 34.3 Å². The number of carbonyl (C=O) groups is 1. The first-order chi connectivity index (χ1) is 13.1. The molecule has 2 aromatic rings. The summed E-state index contributed by atoms with van der Waals surface area (Å²) in [4.78, 5) is 13.3. The van der Waals surface area contributed by atoms with E-state index in [0.717, 1.165) is 12.8 Å². The number of aliphatic hydroxyl groups is 1. The molecule has 4 rings (SSSR count).